The fourth-order valence-electron chi connectivity index (χ4n) is 4.22. The van der Waals surface area contributed by atoms with Gasteiger partial charge in [0.25, 0.3) is 10.0 Å². The summed E-state index contributed by atoms with van der Waals surface area (Å²) in [5.41, 5.74) is 2.86. The molecule has 3 aromatic carbocycles. The van der Waals surface area contributed by atoms with Crippen LogP contribution in [0.1, 0.15) is 44.4 Å². The Morgan fingerprint density at radius 2 is 1.62 bits per heavy atom. The number of nitrogens with zero attached hydrogens (tertiary/aromatic N) is 2. The van der Waals surface area contributed by atoms with Crippen LogP contribution in [0.2, 0.25) is 5.02 Å². The van der Waals surface area contributed by atoms with Crippen molar-refractivity contribution in [3.8, 4) is 0 Å². The van der Waals surface area contributed by atoms with Gasteiger partial charge < -0.3 is 10.2 Å². The fraction of sp³-hybridized carbons (Fsp3) is 0.333. The molecule has 0 radical (unpaired) electrons. The standard InChI is InChI=1S/C30H36ClN3O4S/c1-6-25-11-7-8-13-28(25)34(39(37,38)27-16-14-22(4)15-17-27)20-29(35)33(23(5)30(36)32-21(2)3)19-24-10-9-12-26(31)18-24/h7-18,21,23H,6,19-20H2,1-5H3,(H,32,36)/t23-/m0/s1. The lowest BCUT2D eigenvalue weighted by atomic mass is 10.1. The molecular formula is C30H36ClN3O4S. The predicted octanol–water partition coefficient (Wildman–Crippen LogP) is 5.35. The Kier molecular flexibility index (Phi) is 10.2. The Morgan fingerprint density at radius 1 is 0.949 bits per heavy atom. The molecule has 9 heteroatoms. The first-order valence-electron chi connectivity index (χ1n) is 13.0. The molecule has 0 aromatic heterocycles. The number of benzene rings is 3. The molecule has 1 N–H and O–H groups in total. The molecule has 0 aliphatic carbocycles. The smallest absolute Gasteiger partial charge is 0.264 e. The van der Waals surface area contributed by atoms with Gasteiger partial charge in [-0.1, -0.05) is 66.6 Å². The lowest BCUT2D eigenvalue weighted by Crippen LogP contribution is -2.52. The first-order chi connectivity index (χ1) is 18.4. The molecule has 0 heterocycles. The average molecular weight is 570 g/mol. The van der Waals surface area contributed by atoms with Crippen LogP contribution in [0.25, 0.3) is 0 Å². The van der Waals surface area contributed by atoms with Crippen molar-refractivity contribution in [1.29, 1.82) is 0 Å². The maximum atomic E-state index is 14.0. The van der Waals surface area contributed by atoms with Gasteiger partial charge in [0, 0.05) is 17.6 Å². The maximum Gasteiger partial charge on any atom is 0.264 e. The van der Waals surface area contributed by atoms with Gasteiger partial charge in [-0.15, -0.1) is 0 Å². The zero-order valence-corrected chi connectivity index (χ0v) is 24.6. The molecule has 0 spiro atoms. The van der Waals surface area contributed by atoms with Crippen molar-refractivity contribution in [2.75, 3.05) is 10.8 Å². The van der Waals surface area contributed by atoms with E-state index in [1.165, 1.54) is 4.90 Å². The van der Waals surface area contributed by atoms with Crippen molar-refractivity contribution in [2.24, 2.45) is 0 Å². The molecule has 0 aliphatic heterocycles. The number of halogens is 1. The van der Waals surface area contributed by atoms with E-state index in [0.29, 0.717) is 17.1 Å². The second-order valence-electron chi connectivity index (χ2n) is 9.80. The Balaban J connectivity index is 2.07. The SMILES string of the molecule is CCc1ccccc1N(CC(=O)N(Cc1cccc(Cl)c1)[C@@H](C)C(=O)NC(C)C)S(=O)(=O)c1ccc(C)cc1. The molecule has 1 atom stereocenters. The van der Waals surface area contributed by atoms with Gasteiger partial charge in [-0.2, -0.15) is 0 Å². The monoisotopic (exact) mass is 569 g/mol. The number of para-hydroxylation sites is 1. The highest BCUT2D eigenvalue weighted by atomic mass is 35.5. The summed E-state index contributed by atoms with van der Waals surface area (Å²) >= 11 is 6.19. The number of hydrogen-bond acceptors (Lipinski definition) is 4. The molecule has 7 nitrogen and oxygen atoms in total. The number of carbonyl (C=O) groups excluding carboxylic acids is 2. The molecule has 3 rings (SSSR count). The summed E-state index contributed by atoms with van der Waals surface area (Å²) < 4.78 is 29.1. The Bertz CT molecular complexity index is 1410. The molecule has 0 saturated heterocycles. The van der Waals surface area contributed by atoms with Crippen LogP contribution < -0.4 is 9.62 Å². The normalized spacial score (nSPS) is 12.2. The number of carbonyl (C=O) groups is 2. The van der Waals surface area contributed by atoms with E-state index < -0.39 is 28.5 Å². The molecule has 0 aliphatic rings. The van der Waals surface area contributed by atoms with Gasteiger partial charge in [-0.25, -0.2) is 8.42 Å². The third-order valence-corrected chi connectivity index (χ3v) is 8.38. The van der Waals surface area contributed by atoms with Crippen LogP contribution in [0.4, 0.5) is 5.69 Å². The summed E-state index contributed by atoms with van der Waals surface area (Å²) in [5, 5.41) is 3.35. The Morgan fingerprint density at radius 3 is 2.23 bits per heavy atom. The number of anilines is 1. The minimum Gasteiger partial charge on any atom is -0.352 e. The fourth-order valence-corrected chi connectivity index (χ4v) is 5.89. The van der Waals surface area contributed by atoms with Crippen LogP contribution in [0.3, 0.4) is 0 Å². The largest absolute Gasteiger partial charge is 0.352 e. The zero-order chi connectivity index (χ0) is 28.7. The predicted molar refractivity (Wildman–Crippen MR) is 156 cm³/mol. The minimum atomic E-state index is -4.11. The van der Waals surface area contributed by atoms with Crippen LogP contribution >= 0.6 is 11.6 Å². The molecular weight excluding hydrogens is 534 g/mol. The molecule has 2 amide bonds. The van der Waals surface area contributed by atoms with E-state index in [-0.39, 0.29) is 23.4 Å². The van der Waals surface area contributed by atoms with Crippen LogP contribution in [0.15, 0.2) is 77.7 Å². The Hall–Kier alpha value is -3.36. The summed E-state index contributed by atoms with van der Waals surface area (Å²) in [4.78, 5) is 28.5. The number of nitrogens with one attached hydrogen (secondary N) is 1. The highest BCUT2D eigenvalue weighted by Crippen LogP contribution is 2.28. The number of rotatable bonds is 11. The van der Waals surface area contributed by atoms with Gasteiger partial charge in [0.15, 0.2) is 0 Å². The van der Waals surface area contributed by atoms with E-state index in [0.717, 1.165) is 21.0 Å². The van der Waals surface area contributed by atoms with Gasteiger partial charge in [0.1, 0.15) is 12.6 Å². The van der Waals surface area contributed by atoms with E-state index >= 15 is 0 Å². The van der Waals surface area contributed by atoms with Gasteiger partial charge in [-0.3, -0.25) is 13.9 Å². The van der Waals surface area contributed by atoms with Crippen LogP contribution in [0.5, 0.6) is 0 Å². The van der Waals surface area contributed by atoms with Crippen LogP contribution in [-0.4, -0.2) is 43.8 Å². The lowest BCUT2D eigenvalue weighted by molar-refractivity contribution is -0.139. The van der Waals surface area contributed by atoms with Crippen molar-refractivity contribution < 1.29 is 18.0 Å². The second-order valence-corrected chi connectivity index (χ2v) is 12.1. The summed E-state index contributed by atoms with van der Waals surface area (Å²) in [7, 11) is -4.11. The van der Waals surface area contributed by atoms with Crippen molar-refractivity contribution in [3.63, 3.8) is 0 Å². The Labute approximate surface area is 236 Å². The lowest BCUT2D eigenvalue weighted by Gasteiger charge is -2.33. The molecule has 0 fully saturated rings. The number of hydrogen-bond donors (Lipinski definition) is 1. The van der Waals surface area contributed by atoms with E-state index in [1.54, 1.807) is 61.5 Å². The van der Waals surface area contributed by atoms with Crippen molar-refractivity contribution in [2.45, 2.75) is 64.6 Å². The van der Waals surface area contributed by atoms with Gasteiger partial charge >= 0.3 is 0 Å². The third-order valence-electron chi connectivity index (χ3n) is 6.37. The van der Waals surface area contributed by atoms with Crippen LogP contribution in [0, 0.1) is 6.92 Å². The van der Waals surface area contributed by atoms with Gasteiger partial charge in [-0.05, 0) is 75.6 Å². The van der Waals surface area contributed by atoms with Crippen LogP contribution in [-0.2, 0) is 32.6 Å². The van der Waals surface area contributed by atoms with Crippen molar-refractivity contribution in [1.82, 2.24) is 10.2 Å². The molecule has 39 heavy (non-hydrogen) atoms. The first kappa shape index (κ1) is 30.2. The van der Waals surface area contributed by atoms with E-state index in [4.69, 9.17) is 11.6 Å². The highest BCUT2D eigenvalue weighted by molar-refractivity contribution is 7.92. The topological polar surface area (TPSA) is 86.8 Å². The molecule has 0 bridgehead atoms. The molecule has 3 aromatic rings. The highest BCUT2D eigenvalue weighted by Gasteiger charge is 2.33. The average Bonchev–Trinajstić information content (AvgIpc) is 2.89. The summed E-state index contributed by atoms with van der Waals surface area (Å²) in [5.74, 6) is -0.842. The van der Waals surface area contributed by atoms with Crippen molar-refractivity contribution >= 4 is 39.1 Å². The molecule has 0 saturated carbocycles. The number of sulfonamides is 1. The minimum absolute atomic E-state index is 0.0822. The zero-order valence-electron chi connectivity index (χ0n) is 23.0. The molecule has 208 valence electrons. The second kappa shape index (κ2) is 13.1. The third kappa shape index (κ3) is 7.61. The summed E-state index contributed by atoms with van der Waals surface area (Å²) in [6.45, 7) is 8.73. The summed E-state index contributed by atoms with van der Waals surface area (Å²) in [6.07, 6.45) is 0.573. The maximum absolute atomic E-state index is 14.0. The van der Waals surface area contributed by atoms with Gasteiger partial charge in [0.05, 0.1) is 10.6 Å². The first-order valence-corrected chi connectivity index (χ1v) is 14.8. The van der Waals surface area contributed by atoms with Gasteiger partial charge in [0.2, 0.25) is 11.8 Å². The molecule has 0 unspecified atom stereocenters. The van der Waals surface area contributed by atoms with E-state index in [9.17, 15) is 18.0 Å². The van der Waals surface area contributed by atoms with E-state index in [1.807, 2.05) is 45.9 Å². The quantitative estimate of drug-likeness (QED) is 0.337. The van der Waals surface area contributed by atoms with E-state index in [2.05, 4.69) is 5.32 Å². The number of amides is 2. The number of aryl methyl sites for hydroxylation is 2. The summed E-state index contributed by atoms with van der Waals surface area (Å²) in [6, 6.07) is 19.7. The van der Waals surface area contributed by atoms with Crippen molar-refractivity contribution in [3.05, 3.63) is 94.5 Å².